The van der Waals surface area contributed by atoms with Gasteiger partial charge in [0.05, 0.1) is 21.9 Å². The fraction of sp³-hybridized carbons (Fsp3) is 0. The number of nitrogens with zero attached hydrogens (tertiary/aromatic N) is 3. The molecule has 0 N–H and O–H groups in total. The van der Waals surface area contributed by atoms with Crippen molar-refractivity contribution in [2.45, 2.75) is 0 Å². The standard InChI is InChI=1S/C7H5NS.C2H2N2O/c1-2-4-7-6(3-1)8-5-9-7;1-2-5-4-3-1/h1-5H;1-2H. The molecule has 5 heteroatoms. The van der Waals surface area contributed by atoms with E-state index in [9.17, 15) is 0 Å². The van der Waals surface area contributed by atoms with Gasteiger partial charge in [0, 0.05) is 5.27 Å². The summed E-state index contributed by atoms with van der Waals surface area (Å²) in [6, 6.07) is 8.13. The summed E-state index contributed by atoms with van der Waals surface area (Å²) in [7, 11) is 0. The highest BCUT2D eigenvalue weighted by Gasteiger charge is 1.89. The molecule has 0 saturated carbocycles. The summed E-state index contributed by atoms with van der Waals surface area (Å²) >= 11 is 1.68. The number of aromatic nitrogens is 3. The number of rotatable bonds is 0. The molecular formula is C9H7N3OS. The summed E-state index contributed by atoms with van der Waals surface area (Å²) in [5.41, 5.74) is 2.97. The van der Waals surface area contributed by atoms with Crippen molar-refractivity contribution in [3.8, 4) is 0 Å². The summed E-state index contributed by atoms with van der Waals surface area (Å²) in [4.78, 5) is 4.14. The molecule has 0 aliphatic rings. The largest absolute Gasteiger partial charge is 0.346 e. The van der Waals surface area contributed by atoms with Gasteiger partial charge in [-0.15, -0.1) is 16.4 Å². The lowest BCUT2D eigenvalue weighted by Crippen LogP contribution is -1.61. The Bertz CT molecular complexity index is 430. The van der Waals surface area contributed by atoms with E-state index in [1.807, 2.05) is 23.7 Å². The molecule has 3 aromatic rings. The minimum absolute atomic E-state index is 1.10. The molecule has 0 unspecified atom stereocenters. The van der Waals surface area contributed by atoms with Gasteiger partial charge in [-0.25, -0.2) is 4.98 Å². The van der Waals surface area contributed by atoms with Crippen LogP contribution in [0, 0.1) is 0 Å². The Hall–Kier alpha value is -1.75. The Kier molecular flexibility index (Phi) is 2.82. The van der Waals surface area contributed by atoms with E-state index < -0.39 is 0 Å². The van der Waals surface area contributed by atoms with Crippen molar-refractivity contribution in [2.75, 3.05) is 0 Å². The van der Waals surface area contributed by atoms with E-state index in [0.29, 0.717) is 0 Å². The van der Waals surface area contributed by atoms with Gasteiger partial charge in [-0.1, -0.05) is 12.1 Å². The number of para-hydroxylation sites is 1. The Morgan fingerprint density at radius 3 is 2.79 bits per heavy atom. The third-order valence-electron chi connectivity index (χ3n) is 1.52. The van der Waals surface area contributed by atoms with Gasteiger partial charge in [0.15, 0.2) is 0 Å². The molecule has 4 nitrogen and oxygen atoms in total. The molecule has 2 aromatic heterocycles. The van der Waals surface area contributed by atoms with Crippen molar-refractivity contribution < 1.29 is 4.52 Å². The first kappa shape index (κ1) is 8.83. The molecular weight excluding hydrogens is 198 g/mol. The third kappa shape index (κ3) is 2.14. The SMILES string of the molecule is c1ccc2scnc2c1.c1conn1. The van der Waals surface area contributed by atoms with Crippen LogP contribution in [0.4, 0.5) is 0 Å². The predicted octanol–water partition coefficient (Wildman–Crippen LogP) is 2.37. The molecule has 0 saturated heterocycles. The third-order valence-corrected chi connectivity index (χ3v) is 2.33. The van der Waals surface area contributed by atoms with Crippen LogP contribution < -0.4 is 0 Å². The lowest BCUT2D eigenvalue weighted by Gasteiger charge is -1.80. The van der Waals surface area contributed by atoms with Crippen LogP contribution in [0.3, 0.4) is 0 Å². The maximum Gasteiger partial charge on any atom is 0.144 e. The molecule has 0 amide bonds. The van der Waals surface area contributed by atoms with Gasteiger partial charge in [-0.3, -0.25) is 0 Å². The Morgan fingerprint density at radius 2 is 2.14 bits per heavy atom. The van der Waals surface area contributed by atoms with E-state index in [2.05, 4.69) is 25.9 Å². The fourth-order valence-electron chi connectivity index (χ4n) is 0.939. The van der Waals surface area contributed by atoms with Crippen molar-refractivity contribution in [3.63, 3.8) is 0 Å². The second-order valence-corrected chi connectivity index (χ2v) is 3.29. The molecule has 0 atom stereocenters. The van der Waals surface area contributed by atoms with E-state index in [1.54, 1.807) is 11.3 Å². The zero-order chi connectivity index (χ0) is 9.64. The van der Waals surface area contributed by atoms with Crippen LogP contribution >= 0.6 is 11.3 Å². The molecule has 0 bridgehead atoms. The zero-order valence-corrected chi connectivity index (χ0v) is 8.02. The van der Waals surface area contributed by atoms with Gasteiger partial charge >= 0.3 is 0 Å². The highest BCUT2D eigenvalue weighted by atomic mass is 32.1. The highest BCUT2D eigenvalue weighted by Crippen LogP contribution is 2.15. The first-order chi connectivity index (χ1) is 6.97. The van der Waals surface area contributed by atoms with Crippen LogP contribution in [0.2, 0.25) is 0 Å². The summed E-state index contributed by atoms with van der Waals surface area (Å²) < 4.78 is 5.48. The lowest BCUT2D eigenvalue weighted by atomic mass is 10.3. The van der Waals surface area contributed by atoms with Gasteiger partial charge in [0.25, 0.3) is 0 Å². The van der Waals surface area contributed by atoms with Gasteiger partial charge < -0.3 is 4.52 Å². The van der Waals surface area contributed by atoms with Gasteiger partial charge in [-0.05, 0) is 12.1 Å². The minimum Gasteiger partial charge on any atom is -0.346 e. The molecule has 0 spiro atoms. The van der Waals surface area contributed by atoms with Crippen LogP contribution in [0.1, 0.15) is 0 Å². The summed E-state index contributed by atoms with van der Waals surface area (Å²) in [5, 5.41) is 6.40. The van der Waals surface area contributed by atoms with Crippen LogP contribution in [0.15, 0.2) is 46.8 Å². The van der Waals surface area contributed by atoms with Crippen LogP contribution in [0.25, 0.3) is 10.2 Å². The molecule has 0 aliphatic carbocycles. The molecule has 3 rings (SSSR count). The average Bonchev–Trinajstić information content (AvgIpc) is 2.92. The van der Waals surface area contributed by atoms with E-state index in [0.717, 1.165) is 5.52 Å². The van der Waals surface area contributed by atoms with E-state index in [4.69, 9.17) is 0 Å². The summed E-state index contributed by atoms with van der Waals surface area (Å²) in [6.07, 6.45) is 2.88. The fourth-order valence-corrected chi connectivity index (χ4v) is 1.62. The highest BCUT2D eigenvalue weighted by molar-refractivity contribution is 7.16. The Morgan fingerprint density at radius 1 is 1.21 bits per heavy atom. The van der Waals surface area contributed by atoms with E-state index in [1.165, 1.54) is 17.2 Å². The lowest BCUT2D eigenvalue weighted by molar-refractivity contribution is 0.393. The average molecular weight is 205 g/mol. The topological polar surface area (TPSA) is 51.8 Å². The van der Waals surface area contributed by atoms with E-state index in [-0.39, 0.29) is 0 Å². The number of thiazole rings is 1. The Labute approximate surface area is 84.2 Å². The van der Waals surface area contributed by atoms with Crippen LogP contribution in [0.5, 0.6) is 0 Å². The molecule has 70 valence electrons. The smallest absolute Gasteiger partial charge is 0.144 e. The van der Waals surface area contributed by atoms with Crippen LogP contribution in [-0.2, 0) is 0 Å². The monoisotopic (exact) mass is 205 g/mol. The molecule has 1 aromatic carbocycles. The molecule has 0 fully saturated rings. The van der Waals surface area contributed by atoms with Crippen molar-refractivity contribution in [3.05, 3.63) is 42.2 Å². The van der Waals surface area contributed by atoms with Crippen LogP contribution in [-0.4, -0.2) is 15.4 Å². The molecule has 0 aliphatic heterocycles. The maximum atomic E-state index is 4.22. The van der Waals surface area contributed by atoms with Crippen molar-refractivity contribution in [2.24, 2.45) is 0 Å². The zero-order valence-electron chi connectivity index (χ0n) is 7.20. The first-order valence-corrected chi connectivity index (χ1v) is 4.84. The second-order valence-electron chi connectivity index (χ2n) is 2.41. The summed E-state index contributed by atoms with van der Waals surface area (Å²) in [5.74, 6) is 0. The number of hydrogen-bond donors (Lipinski definition) is 0. The number of hydrogen-bond acceptors (Lipinski definition) is 5. The molecule has 0 radical (unpaired) electrons. The number of benzene rings is 1. The Balaban J connectivity index is 0.000000128. The van der Waals surface area contributed by atoms with Crippen molar-refractivity contribution >= 4 is 21.6 Å². The normalized spacial score (nSPS) is 9.43. The van der Waals surface area contributed by atoms with Gasteiger partial charge in [0.1, 0.15) is 6.26 Å². The van der Waals surface area contributed by atoms with Crippen molar-refractivity contribution in [1.29, 1.82) is 0 Å². The first-order valence-electron chi connectivity index (χ1n) is 3.96. The molecule has 2 heterocycles. The van der Waals surface area contributed by atoms with E-state index >= 15 is 0 Å². The second kappa shape index (κ2) is 4.48. The summed E-state index contributed by atoms with van der Waals surface area (Å²) in [6.45, 7) is 0. The minimum atomic E-state index is 1.10. The predicted molar refractivity (Wildman–Crippen MR) is 53.9 cm³/mol. The quantitative estimate of drug-likeness (QED) is 0.565. The van der Waals surface area contributed by atoms with Gasteiger partial charge in [-0.2, -0.15) is 0 Å². The van der Waals surface area contributed by atoms with Crippen molar-refractivity contribution in [1.82, 2.24) is 15.4 Å². The maximum absolute atomic E-state index is 4.22. The van der Waals surface area contributed by atoms with Gasteiger partial charge in [0.2, 0.25) is 0 Å². The number of fused-ring (bicyclic) bond motifs is 1. The molecule has 14 heavy (non-hydrogen) atoms.